The van der Waals surface area contributed by atoms with Crippen molar-refractivity contribution >= 4 is 37.3 Å². The van der Waals surface area contributed by atoms with Crippen LogP contribution in [0, 0.1) is 6.92 Å². The Labute approximate surface area is 200 Å². The van der Waals surface area contributed by atoms with E-state index in [1.165, 1.54) is 12.1 Å². The fourth-order valence-electron chi connectivity index (χ4n) is 3.82. The lowest BCUT2D eigenvalue weighted by atomic mass is 9.94. The minimum Gasteiger partial charge on any atom is -0.508 e. The van der Waals surface area contributed by atoms with Gasteiger partial charge in [0.15, 0.2) is 0 Å². The van der Waals surface area contributed by atoms with Gasteiger partial charge in [0.25, 0.3) is 10.0 Å². The molecule has 5 rings (SSSR count). The van der Waals surface area contributed by atoms with Gasteiger partial charge in [-0.3, -0.25) is 4.72 Å². The van der Waals surface area contributed by atoms with Crippen LogP contribution in [0.25, 0.3) is 33.0 Å². The molecule has 0 aliphatic heterocycles. The number of aromatic nitrogens is 2. The van der Waals surface area contributed by atoms with Gasteiger partial charge in [-0.15, -0.1) is 10.2 Å². The largest absolute Gasteiger partial charge is 0.508 e. The van der Waals surface area contributed by atoms with Crippen LogP contribution in [0.3, 0.4) is 0 Å². The topological polar surface area (TPSA) is 112 Å². The van der Waals surface area contributed by atoms with Gasteiger partial charge in [0.1, 0.15) is 16.5 Å². The van der Waals surface area contributed by atoms with E-state index in [1.807, 2.05) is 24.3 Å². The van der Waals surface area contributed by atoms with E-state index in [4.69, 9.17) is 0 Å². The third-order valence-electron chi connectivity index (χ3n) is 5.36. The van der Waals surface area contributed by atoms with Crippen LogP contribution in [0.2, 0.25) is 0 Å². The molecule has 0 aliphatic rings. The second-order valence-corrected chi connectivity index (χ2v) is 10.6. The number of phenolic OH excluding ortho intramolecular Hbond substituents is 2. The fourth-order valence-corrected chi connectivity index (χ4v) is 5.68. The molecular formula is C25H19N3O4S2. The molecule has 170 valence electrons. The summed E-state index contributed by atoms with van der Waals surface area (Å²) in [5.74, 6) is 0.221. The van der Waals surface area contributed by atoms with Gasteiger partial charge in [0, 0.05) is 5.56 Å². The molecule has 0 saturated heterocycles. The van der Waals surface area contributed by atoms with Gasteiger partial charge in [0.2, 0.25) is 5.13 Å². The van der Waals surface area contributed by atoms with Crippen molar-refractivity contribution in [1.82, 2.24) is 10.2 Å². The highest BCUT2D eigenvalue weighted by molar-refractivity contribution is 7.93. The molecule has 0 atom stereocenters. The number of nitrogens with one attached hydrogen (secondary N) is 1. The van der Waals surface area contributed by atoms with E-state index in [0.717, 1.165) is 33.2 Å². The summed E-state index contributed by atoms with van der Waals surface area (Å²) in [5, 5.41) is 30.6. The van der Waals surface area contributed by atoms with Gasteiger partial charge in [-0.2, -0.15) is 0 Å². The van der Waals surface area contributed by atoms with Gasteiger partial charge in [-0.05, 0) is 70.8 Å². The maximum atomic E-state index is 12.9. The van der Waals surface area contributed by atoms with Gasteiger partial charge in [0.05, 0.1) is 4.90 Å². The molecule has 3 N–H and O–H groups in total. The lowest BCUT2D eigenvalue weighted by molar-refractivity contribution is 0.475. The molecule has 5 aromatic rings. The number of phenols is 2. The standard InChI is InChI=1S/C25H19N3O4S2/c1-15-26-27-25(33-15)28-34(31,32)21-7-3-5-19(14-21)24-22-10-8-17(12-18(22)9-11-23(24)30)16-4-2-6-20(29)13-16/h2-14,29-30H,1H3,(H,27,28). The Hall–Kier alpha value is -3.95. The third kappa shape index (κ3) is 4.18. The number of aromatic hydroxyl groups is 2. The summed E-state index contributed by atoms with van der Waals surface area (Å²) in [6, 6.07) is 22.5. The molecule has 9 heteroatoms. The predicted octanol–water partition coefficient (Wildman–Crippen LogP) is 5.55. The maximum absolute atomic E-state index is 12.9. The normalized spacial score (nSPS) is 11.6. The molecule has 1 heterocycles. The number of nitrogens with zero attached hydrogens (tertiary/aromatic N) is 2. The lowest BCUT2D eigenvalue weighted by Gasteiger charge is -2.13. The number of hydrogen-bond donors (Lipinski definition) is 3. The van der Waals surface area contributed by atoms with Crippen molar-refractivity contribution in [2.75, 3.05) is 4.72 Å². The quantitative estimate of drug-likeness (QED) is 0.299. The van der Waals surface area contributed by atoms with Gasteiger partial charge < -0.3 is 10.2 Å². The van der Waals surface area contributed by atoms with Crippen molar-refractivity contribution in [3.63, 3.8) is 0 Å². The zero-order valence-electron chi connectivity index (χ0n) is 17.9. The smallest absolute Gasteiger partial charge is 0.263 e. The predicted molar refractivity (Wildman–Crippen MR) is 134 cm³/mol. The van der Waals surface area contributed by atoms with Crippen molar-refractivity contribution in [1.29, 1.82) is 0 Å². The summed E-state index contributed by atoms with van der Waals surface area (Å²) >= 11 is 1.15. The highest BCUT2D eigenvalue weighted by Crippen LogP contribution is 2.39. The monoisotopic (exact) mass is 489 g/mol. The van der Waals surface area contributed by atoms with Gasteiger partial charge in [-0.1, -0.05) is 53.8 Å². The molecule has 0 unspecified atom stereocenters. The van der Waals surface area contributed by atoms with Crippen LogP contribution >= 0.6 is 11.3 Å². The molecule has 0 saturated carbocycles. The Bertz CT molecular complexity index is 1650. The number of aryl methyl sites for hydroxylation is 1. The minimum absolute atomic E-state index is 0.0415. The van der Waals surface area contributed by atoms with Crippen molar-refractivity contribution in [2.45, 2.75) is 11.8 Å². The Morgan fingerprint density at radius 2 is 1.59 bits per heavy atom. The molecular weight excluding hydrogens is 470 g/mol. The van der Waals surface area contributed by atoms with E-state index in [1.54, 1.807) is 49.4 Å². The van der Waals surface area contributed by atoms with Crippen LogP contribution in [0.5, 0.6) is 11.5 Å². The maximum Gasteiger partial charge on any atom is 0.263 e. The van der Waals surface area contributed by atoms with E-state index < -0.39 is 10.0 Å². The summed E-state index contributed by atoms with van der Waals surface area (Å²) in [5.41, 5.74) is 2.86. The molecule has 0 spiro atoms. The molecule has 0 amide bonds. The summed E-state index contributed by atoms with van der Waals surface area (Å²) < 4.78 is 28.3. The Morgan fingerprint density at radius 3 is 2.35 bits per heavy atom. The van der Waals surface area contributed by atoms with Crippen molar-refractivity contribution in [3.8, 4) is 33.8 Å². The Balaban J connectivity index is 1.58. The van der Waals surface area contributed by atoms with Crippen LogP contribution in [0.15, 0.2) is 83.8 Å². The van der Waals surface area contributed by atoms with Crippen molar-refractivity contribution < 1.29 is 18.6 Å². The first-order valence-electron chi connectivity index (χ1n) is 10.3. The number of fused-ring (bicyclic) bond motifs is 1. The number of rotatable bonds is 5. The number of benzene rings is 4. The molecule has 1 aromatic heterocycles. The van der Waals surface area contributed by atoms with E-state index >= 15 is 0 Å². The minimum atomic E-state index is -3.89. The average Bonchev–Trinajstić information content (AvgIpc) is 3.22. The van der Waals surface area contributed by atoms with Crippen LogP contribution in [0.1, 0.15) is 5.01 Å². The zero-order valence-corrected chi connectivity index (χ0v) is 19.6. The highest BCUT2D eigenvalue weighted by atomic mass is 32.2. The van der Waals surface area contributed by atoms with Crippen LogP contribution in [0.4, 0.5) is 5.13 Å². The summed E-state index contributed by atoms with van der Waals surface area (Å²) in [6.07, 6.45) is 0. The molecule has 4 aromatic carbocycles. The number of hydrogen-bond acceptors (Lipinski definition) is 7. The van der Waals surface area contributed by atoms with Gasteiger partial charge >= 0.3 is 0 Å². The first-order valence-corrected chi connectivity index (χ1v) is 12.6. The SMILES string of the molecule is Cc1nnc(NS(=O)(=O)c2cccc(-c3c(O)ccc4cc(-c5cccc(O)c5)ccc34)c2)s1. The summed E-state index contributed by atoms with van der Waals surface area (Å²) in [4.78, 5) is 0.0469. The second kappa shape index (κ2) is 8.44. The average molecular weight is 490 g/mol. The van der Waals surface area contributed by atoms with Crippen LogP contribution in [-0.4, -0.2) is 28.8 Å². The molecule has 34 heavy (non-hydrogen) atoms. The van der Waals surface area contributed by atoms with E-state index in [-0.39, 0.29) is 21.5 Å². The van der Waals surface area contributed by atoms with Gasteiger partial charge in [-0.25, -0.2) is 8.42 Å². The Kier molecular flexibility index (Phi) is 5.43. The lowest BCUT2D eigenvalue weighted by Crippen LogP contribution is -2.12. The highest BCUT2D eigenvalue weighted by Gasteiger charge is 2.19. The van der Waals surface area contributed by atoms with Crippen molar-refractivity contribution in [2.24, 2.45) is 0 Å². The molecule has 0 aliphatic carbocycles. The summed E-state index contributed by atoms with van der Waals surface area (Å²) in [6.45, 7) is 1.74. The van der Waals surface area contributed by atoms with E-state index in [9.17, 15) is 18.6 Å². The van der Waals surface area contributed by atoms with E-state index in [0.29, 0.717) is 16.1 Å². The Morgan fingerprint density at radius 1 is 0.824 bits per heavy atom. The number of anilines is 1. The first kappa shape index (κ1) is 21.9. The number of sulfonamides is 1. The second-order valence-electron chi connectivity index (χ2n) is 7.71. The van der Waals surface area contributed by atoms with Crippen molar-refractivity contribution in [3.05, 3.63) is 83.9 Å². The summed E-state index contributed by atoms with van der Waals surface area (Å²) in [7, 11) is -3.89. The fraction of sp³-hybridized carbons (Fsp3) is 0.0400. The molecule has 0 fully saturated rings. The first-order chi connectivity index (χ1) is 16.3. The zero-order chi connectivity index (χ0) is 23.9. The third-order valence-corrected chi connectivity index (χ3v) is 7.58. The molecule has 0 bridgehead atoms. The van der Waals surface area contributed by atoms with Crippen LogP contribution in [-0.2, 0) is 10.0 Å². The molecule has 7 nitrogen and oxygen atoms in total. The van der Waals surface area contributed by atoms with E-state index in [2.05, 4.69) is 14.9 Å². The van der Waals surface area contributed by atoms with Crippen LogP contribution < -0.4 is 4.72 Å². The molecule has 0 radical (unpaired) electrons.